The van der Waals surface area contributed by atoms with Crippen LogP contribution in [0.15, 0.2) is 0 Å². The van der Waals surface area contributed by atoms with Crippen LogP contribution in [0, 0.1) is 5.92 Å². The first-order chi connectivity index (χ1) is 4.81. The van der Waals surface area contributed by atoms with Crippen LogP contribution in [0.25, 0.3) is 0 Å². The molecule has 0 fully saturated rings. The second-order valence-electron chi connectivity index (χ2n) is 2.41. The summed E-state index contributed by atoms with van der Waals surface area (Å²) in [4.78, 5) is 0. The third kappa shape index (κ3) is 10.9. The molecule has 0 aromatic rings. The van der Waals surface area contributed by atoms with E-state index in [1.807, 2.05) is 13.8 Å². The summed E-state index contributed by atoms with van der Waals surface area (Å²) in [6, 6.07) is 0. The van der Waals surface area contributed by atoms with Gasteiger partial charge in [0.2, 0.25) is 0 Å². The first kappa shape index (κ1) is 12.6. The van der Waals surface area contributed by atoms with Gasteiger partial charge in [-0.25, -0.2) is 0 Å². The molecule has 0 aliphatic carbocycles. The van der Waals surface area contributed by atoms with E-state index in [2.05, 4.69) is 13.8 Å². The Bertz CT molecular complexity index is 38.0. The van der Waals surface area contributed by atoms with E-state index in [4.69, 9.17) is 5.11 Å². The topological polar surface area (TPSA) is 20.2 Å². The zero-order chi connectivity index (χ0) is 8.41. The standard InChI is InChI=1S/C7H16O.C2H6/c1-3-4-7(2)5-6-8;1-2/h7-8H,3-6H2,1-2H3;1-2H3. The Morgan fingerprint density at radius 1 is 1.20 bits per heavy atom. The fraction of sp³-hybridized carbons (Fsp3) is 1.00. The van der Waals surface area contributed by atoms with Crippen LogP contribution in [0.2, 0.25) is 0 Å². The lowest BCUT2D eigenvalue weighted by Crippen LogP contribution is -1.96. The summed E-state index contributed by atoms with van der Waals surface area (Å²) < 4.78 is 0. The van der Waals surface area contributed by atoms with E-state index >= 15 is 0 Å². The van der Waals surface area contributed by atoms with Crippen molar-refractivity contribution in [2.45, 2.75) is 47.0 Å². The summed E-state index contributed by atoms with van der Waals surface area (Å²) in [7, 11) is 0. The van der Waals surface area contributed by atoms with Crippen molar-refractivity contribution < 1.29 is 5.11 Å². The molecule has 0 saturated heterocycles. The Morgan fingerprint density at radius 2 is 1.70 bits per heavy atom. The lowest BCUT2D eigenvalue weighted by molar-refractivity contribution is 0.258. The molecular weight excluding hydrogens is 124 g/mol. The fourth-order valence-electron chi connectivity index (χ4n) is 0.858. The molecule has 1 heteroatoms. The van der Waals surface area contributed by atoms with Crippen molar-refractivity contribution in [3.8, 4) is 0 Å². The van der Waals surface area contributed by atoms with Crippen LogP contribution in [0.5, 0.6) is 0 Å². The largest absolute Gasteiger partial charge is 0.396 e. The van der Waals surface area contributed by atoms with Gasteiger partial charge in [-0.05, 0) is 12.3 Å². The zero-order valence-corrected chi connectivity index (χ0v) is 7.85. The second kappa shape index (κ2) is 11.7. The van der Waals surface area contributed by atoms with Crippen molar-refractivity contribution in [1.29, 1.82) is 0 Å². The molecule has 1 nitrogen and oxygen atoms in total. The highest BCUT2D eigenvalue weighted by molar-refractivity contribution is 4.49. The van der Waals surface area contributed by atoms with Gasteiger partial charge in [-0.15, -0.1) is 0 Å². The number of aliphatic hydroxyl groups is 1. The number of aliphatic hydroxyl groups excluding tert-OH is 1. The summed E-state index contributed by atoms with van der Waals surface area (Å²) in [5.41, 5.74) is 0. The molecule has 1 N–H and O–H groups in total. The van der Waals surface area contributed by atoms with Gasteiger partial charge in [0.05, 0.1) is 0 Å². The molecule has 0 radical (unpaired) electrons. The smallest absolute Gasteiger partial charge is 0.0433 e. The molecule has 0 aromatic carbocycles. The minimum atomic E-state index is 0.348. The predicted octanol–water partition coefficient (Wildman–Crippen LogP) is 2.83. The van der Waals surface area contributed by atoms with Crippen LogP contribution in [0.4, 0.5) is 0 Å². The van der Waals surface area contributed by atoms with Gasteiger partial charge in [0.1, 0.15) is 0 Å². The maximum Gasteiger partial charge on any atom is 0.0433 e. The van der Waals surface area contributed by atoms with Gasteiger partial charge in [0, 0.05) is 6.61 Å². The second-order valence-corrected chi connectivity index (χ2v) is 2.41. The minimum absolute atomic E-state index is 0.348. The number of hydrogen-bond donors (Lipinski definition) is 1. The van der Waals surface area contributed by atoms with E-state index < -0.39 is 0 Å². The van der Waals surface area contributed by atoms with Crippen molar-refractivity contribution in [2.24, 2.45) is 5.92 Å². The summed E-state index contributed by atoms with van der Waals surface area (Å²) in [5, 5.41) is 8.46. The Morgan fingerprint density at radius 3 is 2.00 bits per heavy atom. The monoisotopic (exact) mass is 146 g/mol. The number of rotatable bonds is 4. The van der Waals surface area contributed by atoms with Crippen LogP contribution >= 0.6 is 0 Å². The normalized spacial score (nSPS) is 11.7. The Kier molecular flexibility index (Phi) is 14.8. The van der Waals surface area contributed by atoms with Gasteiger partial charge >= 0.3 is 0 Å². The lowest BCUT2D eigenvalue weighted by atomic mass is 10.0. The van der Waals surface area contributed by atoms with Gasteiger partial charge in [-0.1, -0.05) is 40.5 Å². The van der Waals surface area contributed by atoms with Gasteiger partial charge in [0.25, 0.3) is 0 Å². The zero-order valence-electron chi connectivity index (χ0n) is 7.85. The SMILES string of the molecule is CC.CCCC(C)CCO. The molecular formula is C9H22O. The predicted molar refractivity (Wildman–Crippen MR) is 47.1 cm³/mol. The average Bonchev–Trinajstić information content (AvgIpc) is 1.93. The molecule has 64 valence electrons. The van der Waals surface area contributed by atoms with E-state index in [1.165, 1.54) is 12.8 Å². The first-order valence-corrected chi connectivity index (χ1v) is 4.42. The van der Waals surface area contributed by atoms with Crippen LogP contribution < -0.4 is 0 Å². The average molecular weight is 146 g/mol. The molecule has 0 saturated carbocycles. The quantitative estimate of drug-likeness (QED) is 0.646. The molecule has 0 bridgehead atoms. The lowest BCUT2D eigenvalue weighted by Gasteiger charge is -2.05. The minimum Gasteiger partial charge on any atom is -0.396 e. The molecule has 0 spiro atoms. The molecule has 0 heterocycles. The molecule has 0 aliphatic rings. The van der Waals surface area contributed by atoms with E-state index in [0.29, 0.717) is 12.5 Å². The summed E-state index contributed by atoms with van der Waals surface area (Å²) in [5.74, 6) is 0.713. The molecule has 0 aliphatic heterocycles. The third-order valence-electron chi connectivity index (χ3n) is 1.40. The van der Waals surface area contributed by atoms with Crippen molar-refractivity contribution in [3.63, 3.8) is 0 Å². The molecule has 0 amide bonds. The maximum atomic E-state index is 8.46. The molecule has 10 heavy (non-hydrogen) atoms. The highest BCUT2D eigenvalue weighted by Gasteiger charge is 1.96. The van der Waals surface area contributed by atoms with Crippen molar-refractivity contribution in [2.75, 3.05) is 6.61 Å². The highest BCUT2D eigenvalue weighted by Crippen LogP contribution is 2.07. The van der Waals surface area contributed by atoms with Crippen molar-refractivity contribution >= 4 is 0 Å². The van der Waals surface area contributed by atoms with Crippen molar-refractivity contribution in [1.82, 2.24) is 0 Å². The van der Waals surface area contributed by atoms with Gasteiger partial charge in [-0.2, -0.15) is 0 Å². The van der Waals surface area contributed by atoms with Crippen molar-refractivity contribution in [3.05, 3.63) is 0 Å². The summed E-state index contributed by atoms with van der Waals surface area (Å²) in [6.45, 7) is 8.70. The highest BCUT2D eigenvalue weighted by atomic mass is 16.2. The van der Waals surface area contributed by atoms with E-state index in [0.717, 1.165) is 6.42 Å². The fourth-order valence-corrected chi connectivity index (χ4v) is 0.858. The molecule has 0 aromatic heterocycles. The maximum absolute atomic E-state index is 8.46. The van der Waals surface area contributed by atoms with Crippen LogP contribution in [0.1, 0.15) is 47.0 Å². The Hall–Kier alpha value is -0.0400. The summed E-state index contributed by atoms with van der Waals surface area (Å²) in [6.07, 6.45) is 3.45. The molecule has 0 rings (SSSR count). The first-order valence-electron chi connectivity index (χ1n) is 4.42. The molecule has 1 unspecified atom stereocenters. The van der Waals surface area contributed by atoms with Gasteiger partial charge in [0.15, 0.2) is 0 Å². The Balaban J connectivity index is 0. The Labute approximate surface area is 65.5 Å². The van der Waals surface area contributed by atoms with Crippen LogP contribution in [-0.2, 0) is 0 Å². The summed E-state index contributed by atoms with van der Waals surface area (Å²) >= 11 is 0. The van der Waals surface area contributed by atoms with Crippen LogP contribution in [-0.4, -0.2) is 11.7 Å². The van der Waals surface area contributed by atoms with Crippen LogP contribution in [0.3, 0.4) is 0 Å². The van der Waals surface area contributed by atoms with E-state index in [-0.39, 0.29) is 0 Å². The number of hydrogen-bond acceptors (Lipinski definition) is 1. The van der Waals surface area contributed by atoms with Gasteiger partial charge in [-0.3, -0.25) is 0 Å². The van der Waals surface area contributed by atoms with E-state index in [1.54, 1.807) is 0 Å². The third-order valence-corrected chi connectivity index (χ3v) is 1.40. The molecule has 1 atom stereocenters. The van der Waals surface area contributed by atoms with E-state index in [9.17, 15) is 0 Å². The van der Waals surface area contributed by atoms with Gasteiger partial charge < -0.3 is 5.11 Å².